The number of nitrogens with two attached hydrogens (primary N) is 2. The van der Waals surface area contributed by atoms with Crippen LogP contribution in [-0.2, 0) is 0 Å². The van der Waals surface area contributed by atoms with Gasteiger partial charge in [0.25, 0.3) is 17.7 Å². The zero-order valence-electron chi connectivity index (χ0n) is 6.11. The first-order valence-electron chi connectivity index (χ1n) is 3.03. The fraction of sp³-hybridized carbons (Fsp3) is 0. The van der Waals surface area contributed by atoms with Gasteiger partial charge in [-0.2, -0.15) is 13.8 Å². The van der Waals surface area contributed by atoms with Gasteiger partial charge in [-0.3, -0.25) is 11.1 Å². The minimum Gasteiger partial charge on any atom is -0.287 e. The molecule has 4 N–H and O–H groups in total. The lowest BCUT2D eigenvalue weighted by atomic mass is 10.2. The molecule has 0 aliphatic carbocycles. The van der Waals surface area contributed by atoms with E-state index in [1.54, 1.807) is 0 Å². The molecule has 13 heavy (non-hydrogen) atoms. The van der Waals surface area contributed by atoms with Crippen LogP contribution in [0.15, 0.2) is 0 Å². The van der Waals surface area contributed by atoms with Crippen molar-refractivity contribution < 1.29 is 23.0 Å². The van der Waals surface area contributed by atoms with E-state index in [-0.39, 0.29) is 0 Å². The van der Waals surface area contributed by atoms with E-state index in [0.717, 1.165) is 0 Å². The summed E-state index contributed by atoms with van der Waals surface area (Å²) in [6.07, 6.45) is 0. The fourth-order valence-electron chi connectivity index (χ4n) is 0.740. The molecule has 0 fully saturated rings. The van der Waals surface area contributed by atoms with Gasteiger partial charge in [0.15, 0.2) is 11.6 Å². The summed E-state index contributed by atoms with van der Waals surface area (Å²) in [4.78, 5) is 2.31. The summed E-state index contributed by atoms with van der Waals surface area (Å²) in [7, 11) is 0. The molecule has 0 saturated heterocycles. The average Bonchev–Trinajstić information content (AvgIpc) is 2.01. The molecule has 1 heterocycles. The number of pyridine rings is 1. The molecule has 0 radical (unpaired) electrons. The normalized spacial score (nSPS) is 10.2. The van der Waals surface area contributed by atoms with E-state index in [2.05, 4.69) is 4.98 Å². The minimum absolute atomic E-state index is 0.852. The lowest BCUT2D eigenvalue weighted by Crippen LogP contribution is -2.47. The summed E-state index contributed by atoms with van der Waals surface area (Å²) < 4.78 is 50.1. The van der Waals surface area contributed by atoms with Crippen LogP contribution in [0.5, 0.6) is 0 Å². The van der Waals surface area contributed by atoms with Crippen molar-refractivity contribution in [2.45, 2.75) is 0 Å². The second kappa shape index (κ2) is 3.00. The van der Waals surface area contributed by atoms with Gasteiger partial charge in [0.1, 0.15) is 5.56 Å². The Bertz CT molecular complexity index is 350. The molecule has 0 aliphatic heterocycles. The molecule has 3 nitrogen and oxygen atoms in total. The molecule has 1 aromatic heterocycles. The summed E-state index contributed by atoms with van der Waals surface area (Å²) in [6.45, 7) is 0. The highest BCUT2D eigenvalue weighted by Crippen LogP contribution is 2.14. The highest BCUT2D eigenvalue weighted by atomic mass is 19.2. The van der Waals surface area contributed by atoms with Crippen molar-refractivity contribution in [1.82, 2.24) is 4.98 Å². The van der Waals surface area contributed by atoms with Gasteiger partial charge in [0, 0.05) is 0 Å². The third-order valence-corrected chi connectivity index (χ3v) is 1.29. The van der Waals surface area contributed by atoms with Crippen LogP contribution in [0.1, 0.15) is 5.56 Å². The molecule has 0 unspecified atom stereocenters. The molecule has 1 aromatic rings. The van der Waals surface area contributed by atoms with Crippen molar-refractivity contribution >= 4 is 5.84 Å². The Morgan fingerprint density at radius 1 is 1.08 bits per heavy atom. The fourth-order valence-corrected chi connectivity index (χ4v) is 0.740. The quantitative estimate of drug-likeness (QED) is 0.263. The van der Waals surface area contributed by atoms with Crippen LogP contribution in [0.25, 0.3) is 0 Å². The number of nitrogens with zero attached hydrogens (tertiary/aromatic N) is 1. The van der Waals surface area contributed by atoms with E-state index >= 15 is 0 Å². The number of hydrogen-bond donors (Lipinski definition) is 2. The van der Waals surface area contributed by atoms with Crippen molar-refractivity contribution in [1.29, 1.82) is 0 Å². The van der Waals surface area contributed by atoms with Crippen molar-refractivity contribution in [3.05, 3.63) is 29.1 Å². The summed E-state index contributed by atoms with van der Waals surface area (Å²) in [6, 6.07) is 0. The summed E-state index contributed by atoms with van der Waals surface area (Å²) in [5, 5.41) is 4.81. The molecule has 70 valence electrons. The van der Waals surface area contributed by atoms with Gasteiger partial charge < -0.3 is 0 Å². The Balaban J connectivity index is 3.56. The van der Waals surface area contributed by atoms with Crippen molar-refractivity contribution in [2.24, 2.45) is 5.73 Å². The molecule has 0 spiro atoms. The van der Waals surface area contributed by atoms with Gasteiger partial charge >= 0.3 is 0 Å². The van der Waals surface area contributed by atoms with Crippen molar-refractivity contribution in [3.63, 3.8) is 0 Å². The number of amidine groups is 1. The van der Waals surface area contributed by atoms with Gasteiger partial charge in [0.05, 0.1) is 0 Å². The van der Waals surface area contributed by atoms with Crippen LogP contribution in [0, 0.1) is 23.5 Å². The maximum absolute atomic E-state index is 12.7. The number of hydrogen-bond acceptors (Lipinski definition) is 1. The van der Waals surface area contributed by atoms with Crippen LogP contribution in [0.2, 0.25) is 0 Å². The maximum atomic E-state index is 12.7. The van der Waals surface area contributed by atoms with Gasteiger partial charge in [-0.25, -0.2) is 8.78 Å². The Hall–Kier alpha value is -1.66. The van der Waals surface area contributed by atoms with Crippen LogP contribution >= 0.6 is 0 Å². The van der Waals surface area contributed by atoms with Gasteiger partial charge in [-0.15, -0.1) is 0 Å². The third kappa shape index (κ3) is 1.44. The molecule has 0 aromatic carbocycles. The summed E-state index contributed by atoms with van der Waals surface area (Å²) >= 11 is 0. The largest absolute Gasteiger partial charge is 0.287 e. The summed E-state index contributed by atoms with van der Waals surface area (Å²) in [5.41, 5.74) is 3.67. The molecule has 1 rings (SSSR count). The second-order valence-corrected chi connectivity index (χ2v) is 2.15. The highest BCUT2D eigenvalue weighted by molar-refractivity contribution is 5.93. The Morgan fingerprint density at radius 2 is 1.46 bits per heavy atom. The zero-order valence-corrected chi connectivity index (χ0v) is 6.11. The smallest absolute Gasteiger partial charge is 0.277 e. The van der Waals surface area contributed by atoms with Crippen LogP contribution < -0.4 is 11.1 Å². The van der Waals surface area contributed by atoms with Gasteiger partial charge in [-0.1, -0.05) is 0 Å². The van der Waals surface area contributed by atoms with E-state index in [0.29, 0.717) is 0 Å². The lowest BCUT2D eigenvalue weighted by Gasteiger charge is -1.99. The van der Waals surface area contributed by atoms with Crippen molar-refractivity contribution in [2.75, 3.05) is 0 Å². The Labute approximate surface area is 69.7 Å². The third-order valence-electron chi connectivity index (χ3n) is 1.29. The average molecular weight is 194 g/mol. The van der Waals surface area contributed by atoms with E-state index in [4.69, 9.17) is 11.1 Å². The molecular formula is C6H4F4N3+. The first kappa shape index (κ1) is 9.43. The molecular weight excluding hydrogens is 190 g/mol. The first-order chi connectivity index (χ1) is 5.95. The molecule has 7 heteroatoms. The minimum atomic E-state index is -1.79. The predicted molar refractivity (Wildman–Crippen MR) is 34.3 cm³/mol. The molecule has 0 aliphatic rings. The highest BCUT2D eigenvalue weighted by Gasteiger charge is 2.24. The topological polar surface area (TPSA) is 64.5 Å². The standard InChI is InChI=1S/C6H3F4N3/c7-2-1(6(11)12)3(8)5(10)13-4(2)9/h(H3,11,12)/p+1. The zero-order chi connectivity index (χ0) is 10.2. The van der Waals surface area contributed by atoms with Crippen molar-refractivity contribution in [3.8, 4) is 0 Å². The molecule has 0 bridgehead atoms. The first-order valence-corrected chi connectivity index (χ1v) is 3.03. The number of aromatic nitrogens is 1. The van der Waals surface area contributed by atoms with E-state index < -0.39 is 34.9 Å². The Morgan fingerprint density at radius 3 is 1.77 bits per heavy atom. The van der Waals surface area contributed by atoms with E-state index in [1.165, 1.54) is 0 Å². The van der Waals surface area contributed by atoms with E-state index in [1.807, 2.05) is 0 Å². The molecule has 0 atom stereocenters. The molecule has 0 saturated carbocycles. The second-order valence-electron chi connectivity index (χ2n) is 2.15. The number of rotatable bonds is 1. The number of halogens is 4. The SMILES string of the molecule is NC(=[NH2+])c1c(F)c(F)nc(F)c1F. The monoisotopic (exact) mass is 194 g/mol. The van der Waals surface area contributed by atoms with E-state index in [9.17, 15) is 17.6 Å². The van der Waals surface area contributed by atoms with Crippen LogP contribution in [0.3, 0.4) is 0 Å². The van der Waals surface area contributed by atoms with Gasteiger partial charge in [-0.05, 0) is 0 Å². The predicted octanol–water partition coefficient (Wildman–Crippen LogP) is -0.898. The maximum Gasteiger partial charge on any atom is 0.277 e. The lowest BCUT2D eigenvalue weighted by molar-refractivity contribution is -0.114. The summed E-state index contributed by atoms with van der Waals surface area (Å²) in [5.74, 6) is -7.85. The van der Waals surface area contributed by atoms with Crippen LogP contribution in [-0.4, -0.2) is 10.8 Å². The van der Waals surface area contributed by atoms with Gasteiger partial charge in [0.2, 0.25) is 0 Å². The van der Waals surface area contributed by atoms with Crippen LogP contribution in [0.4, 0.5) is 17.6 Å². The molecule has 0 amide bonds. The Kier molecular flexibility index (Phi) is 2.18.